The lowest BCUT2D eigenvalue weighted by atomic mass is 10.1. The summed E-state index contributed by atoms with van der Waals surface area (Å²) in [6, 6.07) is 15.2. The standard InChI is InChI=1S/C28H31Cl2N3O4S/c1-3-15-31-28(35)23(4-2)32(18-19-13-14-21(29)22(30)17-19)26(34)12-7-16-33-24-10-5-8-20-9-6-11-25(27(20)24)38(33,36)37/h5-6,8-11,13-14,17,23H,3-4,7,12,15-16,18H2,1-2H3,(H,31,35)/t23-/m1/s1. The van der Waals surface area contributed by atoms with Crippen LogP contribution in [0.15, 0.2) is 59.5 Å². The van der Waals surface area contributed by atoms with E-state index in [1.807, 2.05) is 32.0 Å². The first-order valence-corrected chi connectivity index (χ1v) is 14.9. The Balaban J connectivity index is 1.52. The molecule has 0 aromatic heterocycles. The lowest BCUT2D eigenvalue weighted by Crippen LogP contribution is -2.49. The molecule has 1 N–H and O–H groups in total. The second kappa shape index (κ2) is 11.9. The Bertz CT molecular complexity index is 1460. The van der Waals surface area contributed by atoms with Gasteiger partial charge in [0.25, 0.3) is 10.0 Å². The van der Waals surface area contributed by atoms with Gasteiger partial charge in [0.05, 0.1) is 20.6 Å². The van der Waals surface area contributed by atoms with Crippen molar-refractivity contribution >= 4 is 61.5 Å². The monoisotopic (exact) mass is 575 g/mol. The van der Waals surface area contributed by atoms with Crippen LogP contribution >= 0.6 is 23.2 Å². The Morgan fingerprint density at radius 2 is 1.76 bits per heavy atom. The van der Waals surface area contributed by atoms with Crippen molar-refractivity contribution in [3.05, 3.63) is 70.2 Å². The quantitative estimate of drug-likeness (QED) is 0.314. The van der Waals surface area contributed by atoms with E-state index in [2.05, 4.69) is 5.32 Å². The van der Waals surface area contributed by atoms with Gasteiger partial charge in [0, 0.05) is 31.4 Å². The van der Waals surface area contributed by atoms with Crippen molar-refractivity contribution in [2.75, 3.05) is 17.4 Å². The average molecular weight is 577 g/mol. The minimum atomic E-state index is -3.70. The molecule has 0 bridgehead atoms. The molecule has 202 valence electrons. The predicted octanol–water partition coefficient (Wildman–Crippen LogP) is 5.77. The summed E-state index contributed by atoms with van der Waals surface area (Å²) in [5, 5.41) is 5.23. The van der Waals surface area contributed by atoms with Gasteiger partial charge >= 0.3 is 0 Å². The van der Waals surface area contributed by atoms with E-state index in [4.69, 9.17) is 23.2 Å². The van der Waals surface area contributed by atoms with Crippen molar-refractivity contribution in [3.63, 3.8) is 0 Å². The first-order chi connectivity index (χ1) is 18.2. The largest absolute Gasteiger partial charge is 0.354 e. The summed E-state index contributed by atoms with van der Waals surface area (Å²) in [7, 11) is -3.70. The molecule has 0 aliphatic carbocycles. The van der Waals surface area contributed by atoms with E-state index in [-0.39, 0.29) is 36.2 Å². The van der Waals surface area contributed by atoms with Crippen molar-refractivity contribution in [3.8, 4) is 0 Å². The minimum Gasteiger partial charge on any atom is -0.354 e. The summed E-state index contributed by atoms with van der Waals surface area (Å²) < 4.78 is 27.9. The molecule has 0 spiro atoms. The van der Waals surface area contributed by atoms with Gasteiger partial charge in [-0.15, -0.1) is 0 Å². The van der Waals surface area contributed by atoms with Crippen molar-refractivity contribution in [2.45, 2.75) is 57.0 Å². The summed E-state index contributed by atoms with van der Waals surface area (Å²) in [6.45, 7) is 4.68. The fourth-order valence-corrected chi connectivity index (χ4v) is 6.91. The normalized spacial score (nSPS) is 14.5. The van der Waals surface area contributed by atoms with Crippen molar-refractivity contribution in [1.82, 2.24) is 10.2 Å². The smallest absolute Gasteiger partial charge is 0.265 e. The maximum absolute atomic E-state index is 13.5. The molecule has 7 nitrogen and oxygen atoms in total. The Morgan fingerprint density at radius 1 is 1.03 bits per heavy atom. The highest BCUT2D eigenvalue weighted by molar-refractivity contribution is 7.93. The third-order valence-corrected chi connectivity index (χ3v) is 9.30. The number of sulfonamides is 1. The van der Waals surface area contributed by atoms with Crippen LogP contribution in [0.3, 0.4) is 0 Å². The number of halogens is 2. The molecule has 1 aliphatic heterocycles. The summed E-state index contributed by atoms with van der Waals surface area (Å²) in [5.41, 5.74) is 1.38. The van der Waals surface area contributed by atoms with E-state index >= 15 is 0 Å². The van der Waals surface area contributed by atoms with Crippen LogP contribution in [-0.4, -0.2) is 44.3 Å². The molecule has 1 aliphatic rings. The van der Waals surface area contributed by atoms with Gasteiger partial charge in [-0.1, -0.05) is 67.4 Å². The molecule has 0 unspecified atom stereocenters. The number of benzene rings is 3. The number of nitrogens with one attached hydrogen (secondary N) is 1. The fourth-order valence-electron chi connectivity index (χ4n) is 4.84. The van der Waals surface area contributed by atoms with E-state index in [1.54, 1.807) is 41.3 Å². The lowest BCUT2D eigenvalue weighted by molar-refractivity contribution is -0.141. The van der Waals surface area contributed by atoms with Crippen LogP contribution in [0, 0.1) is 0 Å². The molecule has 4 rings (SSSR count). The Labute approximate surface area is 233 Å². The third kappa shape index (κ3) is 5.63. The lowest BCUT2D eigenvalue weighted by Gasteiger charge is -2.31. The number of carbonyl (C=O) groups is 2. The Morgan fingerprint density at radius 3 is 2.45 bits per heavy atom. The number of hydrogen-bond donors (Lipinski definition) is 1. The van der Waals surface area contributed by atoms with Gasteiger partial charge in [0.2, 0.25) is 11.8 Å². The van der Waals surface area contributed by atoms with Crippen LogP contribution in [0.1, 0.15) is 45.1 Å². The van der Waals surface area contributed by atoms with Crippen LogP contribution in [0.4, 0.5) is 5.69 Å². The first kappa shape index (κ1) is 28.2. The first-order valence-electron chi connectivity index (χ1n) is 12.7. The zero-order chi connectivity index (χ0) is 27.4. The number of anilines is 1. The molecule has 3 aromatic rings. The van der Waals surface area contributed by atoms with Crippen LogP contribution in [-0.2, 0) is 26.2 Å². The molecular formula is C28H31Cl2N3O4S. The summed E-state index contributed by atoms with van der Waals surface area (Å²) in [4.78, 5) is 28.3. The Hall–Kier alpha value is -2.81. The number of hydrogen-bond acceptors (Lipinski definition) is 4. The molecular weight excluding hydrogens is 545 g/mol. The molecule has 0 radical (unpaired) electrons. The molecule has 0 fully saturated rings. The van der Waals surface area contributed by atoms with Gasteiger partial charge in [-0.05, 0) is 54.5 Å². The van der Waals surface area contributed by atoms with Gasteiger partial charge in [-0.2, -0.15) is 0 Å². The third-order valence-electron chi connectivity index (χ3n) is 6.71. The van der Waals surface area contributed by atoms with E-state index in [9.17, 15) is 18.0 Å². The zero-order valence-corrected chi connectivity index (χ0v) is 23.7. The van der Waals surface area contributed by atoms with Crippen molar-refractivity contribution in [1.29, 1.82) is 0 Å². The molecule has 2 amide bonds. The van der Waals surface area contributed by atoms with Gasteiger partial charge < -0.3 is 10.2 Å². The molecule has 10 heteroatoms. The predicted molar refractivity (Wildman–Crippen MR) is 152 cm³/mol. The van der Waals surface area contributed by atoms with Crippen LogP contribution in [0.25, 0.3) is 10.8 Å². The average Bonchev–Trinajstić information content (AvgIpc) is 3.12. The topological polar surface area (TPSA) is 86.8 Å². The maximum atomic E-state index is 13.5. The minimum absolute atomic E-state index is 0.0806. The summed E-state index contributed by atoms with van der Waals surface area (Å²) >= 11 is 12.3. The van der Waals surface area contributed by atoms with Crippen molar-refractivity contribution < 1.29 is 18.0 Å². The number of amides is 2. The zero-order valence-electron chi connectivity index (χ0n) is 21.4. The van der Waals surface area contributed by atoms with Gasteiger partial charge in [0.15, 0.2) is 0 Å². The molecule has 3 aromatic carbocycles. The highest BCUT2D eigenvalue weighted by Gasteiger charge is 2.35. The van der Waals surface area contributed by atoms with Gasteiger partial charge in [0.1, 0.15) is 6.04 Å². The van der Waals surface area contributed by atoms with Gasteiger partial charge in [-0.25, -0.2) is 8.42 Å². The number of nitrogens with zero attached hydrogens (tertiary/aromatic N) is 2. The SMILES string of the molecule is CCCNC(=O)[C@@H](CC)N(Cc1ccc(Cl)c(Cl)c1)C(=O)CCCN1c2cccc3cccc(c23)S1(=O)=O. The summed E-state index contributed by atoms with van der Waals surface area (Å²) in [6.07, 6.45) is 1.59. The molecule has 38 heavy (non-hydrogen) atoms. The molecule has 1 heterocycles. The second-order valence-corrected chi connectivity index (χ2v) is 11.9. The fraction of sp³-hybridized carbons (Fsp3) is 0.357. The number of carbonyl (C=O) groups excluding carboxylic acids is 2. The molecule has 0 saturated heterocycles. The van der Waals surface area contributed by atoms with E-state index < -0.39 is 16.1 Å². The summed E-state index contributed by atoms with van der Waals surface area (Å²) in [5.74, 6) is -0.450. The molecule has 1 atom stereocenters. The highest BCUT2D eigenvalue weighted by Crippen LogP contribution is 2.42. The van der Waals surface area contributed by atoms with Crippen LogP contribution < -0.4 is 9.62 Å². The van der Waals surface area contributed by atoms with E-state index in [1.165, 1.54) is 4.31 Å². The van der Waals surface area contributed by atoms with E-state index in [0.29, 0.717) is 40.5 Å². The maximum Gasteiger partial charge on any atom is 0.265 e. The van der Waals surface area contributed by atoms with Crippen LogP contribution in [0.2, 0.25) is 10.0 Å². The Kier molecular flexibility index (Phi) is 8.85. The number of rotatable bonds is 11. The van der Waals surface area contributed by atoms with Crippen molar-refractivity contribution in [2.24, 2.45) is 0 Å². The van der Waals surface area contributed by atoms with Gasteiger partial charge in [-0.3, -0.25) is 13.9 Å². The second-order valence-electron chi connectivity index (χ2n) is 9.30. The van der Waals surface area contributed by atoms with E-state index in [0.717, 1.165) is 17.4 Å². The highest BCUT2D eigenvalue weighted by atomic mass is 35.5. The molecule has 0 saturated carbocycles. The van der Waals surface area contributed by atoms with Crippen LogP contribution in [0.5, 0.6) is 0 Å².